The van der Waals surface area contributed by atoms with E-state index in [1.165, 1.54) is 0 Å². The molecule has 1 aromatic carbocycles. The summed E-state index contributed by atoms with van der Waals surface area (Å²) < 4.78 is 98.8. The van der Waals surface area contributed by atoms with Gasteiger partial charge in [0.15, 0.2) is 23.3 Å². The molecular weight excluding hydrogens is 248 g/mol. The summed E-state index contributed by atoms with van der Waals surface area (Å²) in [6, 6.07) is 0. The molecule has 0 nitrogen and oxygen atoms in total. The van der Waals surface area contributed by atoms with Crippen molar-refractivity contribution in [2.45, 2.75) is 12.9 Å². The van der Waals surface area contributed by atoms with E-state index in [1.807, 2.05) is 0 Å². The summed E-state index contributed by atoms with van der Waals surface area (Å²) in [5.74, 6) is -10.1. The highest BCUT2D eigenvalue weighted by atomic mass is 19.4. The first-order chi connectivity index (χ1) is 7.21. The average molecular weight is 250 g/mol. The molecule has 0 bridgehead atoms. The molecule has 0 aliphatic rings. The number of halogens is 8. The lowest BCUT2D eigenvalue weighted by Gasteiger charge is -2.13. The third-order valence-electron chi connectivity index (χ3n) is 1.78. The Morgan fingerprint density at radius 2 is 1.19 bits per heavy atom. The second-order valence-corrected chi connectivity index (χ2v) is 2.74. The summed E-state index contributed by atoms with van der Waals surface area (Å²) in [5, 5.41) is 0. The van der Waals surface area contributed by atoms with E-state index in [1.54, 1.807) is 0 Å². The average Bonchev–Trinajstić information content (AvgIpc) is 2.18. The van der Waals surface area contributed by atoms with E-state index in [0.717, 1.165) is 0 Å². The molecule has 1 rings (SSSR count). The van der Waals surface area contributed by atoms with Gasteiger partial charge in [-0.3, -0.25) is 0 Å². The monoisotopic (exact) mass is 250 g/mol. The van der Waals surface area contributed by atoms with E-state index in [9.17, 15) is 35.1 Å². The van der Waals surface area contributed by atoms with Crippen molar-refractivity contribution in [1.82, 2.24) is 0 Å². The van der Waals surface area contributed by atoms with E-state index < -0.39 is 47.2 Å². The largest absolute Gasteiger partial charge is 0.419 e. The predicted molar refractivity (Wildman–Crippen MR) is 36.1 cm³/mol. The van der Waals surface area contributed by atoms with Crippen molar-refractivity contribution < 1.29 is 35.1 Å². The SMILES string of the molecule is FCc1c(F)c(F)c(F)c(F)c1C(F)(F)F. The maximum atomic E-state index is 12.7. The van der Waals surface area contributed by atoms with Crippen LogP contribution < -0.4 is 0 Å². The van der Waals surface area contributed by atoms with Gasteiger partial charge in [0.05, 0.1) is 0 Å². The van der Waals surface area contributed by atoms with Gasteiger partial charge in [-0.2, -0.15) is 13.2 Å². The number of rotatable bonds is 1. The van der Waals surface area contributed by atoms with E-state index in [-0.39, 0.29) is 0 Å². The third-order valence-corrected chi connectivity index (χ3v) is 1.78. The lowest BCUT2D eigenvalue weighted by molar-refractivity contribution is -0.141. The number of hydrogen-bond donors (Lipinski definition) is 0. The Balaban J connectivity index is 3.72. The summed E-state index contributed by atoms with van der Waals surface area (Å²) >= 11 is 0. The molecule has 0 heterocycles. The highest BCUT2D eigenvalue weighted by Crippen LogP contribution is 2.37. The maximum absolute atomic E-state index is 12.7. The van der Waals surface area contributed by atoms with Gasteiger partial charge in [-0.05, 0) is 0 Å². The molecule has 0 saturated heterocycles. The van der Waals surface area contributed by atoms with Crippen molar-refractivity contribution in [2.75, 3.05) is 0 Å². The highest BCUT2D eigenvalue weighted by Gasteiger charge is 2.41. The van der Waals surface area contributed by atoms with E-state index >= 15 is 0 Å². The predicted octanol–water partition coefficient (Wildman–Crippen LogP) is 3.73. The fraction of sp³-hybridized carbons (Fsp3) is 0.250. The van der Waals surface area contributed by atoms with Gasteiger partial charge in [0.25, 0.3) is 0 Å². The molecule has 0 aromatic heterocycles. The molecule has 0 saturated carbocycles. The van der Waals surface area contributed by atoms with Gasteiger partial charge in [0.2, 0.25) is 0 Å². The minimum atomic E-state index is -5.51. The van der Waals surface area contributed by atoms with Crippen molar-refractivity contribution in [2.24, 2.45) is 0 Å². The van der Waals surface area contributed by atoms with Crippen LogP contribution in [0.3, 0.4) is 0 Å². The normalized spacial score (nSPS) is 12.0. The van der Waals surface area contributed by atoms with Gasteiger partial charge in [-0.25, -0.2) is 22.0 Å². The van der Waals surface area contributed by atoms with Crippen LogP contribution in [-0.4, -0.2) is 0 Å². The zero-order chi connectivity index (χ0) is 12.7. The van der Waals surface area contributed by atoms with E-state index in [4.69, 9.17) is 0 Å². The molecular formula is C8H2F8. The zero-order valence-electron chi connectivity index (χ0n) is 7.23. The first-order valence-corrected chi connectivity index (χ1v) is 3.69. The second-order valence-electron chi connectivity index (χ2n) is 2.74. The highest BCUT2D eigenvalue weighted by molar-refractivity contribution is 5.34. The molecule has 0 fully saturated rings. The first-order valence-electron chi connectivity index (χ1n) is 3.69. The molecule has 8 heteroatoms. The molecule has 0 atom stereocenters. The Kier molecular flexibility index (Phi) is 3.11. The molecule has 1 aromatic rings. The first kappa shape index (κ1) is 12.7. The molecule has 0 aliphatic heterocycles. The summed E-state index contributed by atoms with van der Waals surface area (Å²) in [6.45, 7) is -2.10. The van der Waals surface area contributed by atoms with Gasteiger partial charge in [0.1, 0.15) is 12.2 Å². The van der Waals surface area contributed by atoms with Crippen molar-refractivity contribution in [3.05, 3.63) is 34.4 Å². The molecule has 0 N–H and O–H groups in total. The Morgan fingerprint density at radius 1 is 0.750 bits per heavy atom. The number of alkyl halides is 4. The minimum absolute atomic E-state index is 1.89. The lowest BCUT2D eigenvalue weighted by Crippen LogP contribution is -2.17. The van der Waals surface area contributed by atoms with Crippen LogP contribution in [0.5, 0.6) is 0 Å². The molecule has 0 unspecified atom stereocenters. The van der Waals surface area contributed by atoms with Crippen molar-refractivity contribution in [3.63, 3.8) is 0 Å². The van der Waals surface area contributed by atoms with Gasteiger partial charge in [-0.1, -0.05) is 0 Å². The van der Waals surface area contributed by atoms with Gasteiger partial charge >= 0.3 is 6.18 Å². The van der Waals surface area contributed by atoms with Crippen LogP contribution in [0.2, 0.25) is 0 Å². The van der Waals surface area contributed by atoms with E-state index in [2.05, 4.69) is 0 Å². The molecule has 16 heavy (non-hydrogen) atoms. The van der Waals surface area contributed by atoms with Crippen molar-refractivity contribution in [1.29, 1.82) is 0 Å². The van der Waals surface area contributed by atoms with Gasteiger partial charge < -0.3 is 0 Å². The minimum Gasteiger partial charge on any atom is -0.246 e. The second kappa shape index (κ2) is 3.91. The van der Waals surface area contributed by atoms with Gasteiger partial charge in [0, 0.05) is 5.56 Å². The van der Waals surface area contributed by atoms with Crippen LogP contribution in [0.15, 0.2) is 0 Å². The van der Waals surface area contributed by atoms with Crippen LogP contribution in [0, 0.1) is 23.3 Å². The topological polar surface area (TPSA) is 0 Å². The lowest BCUT2D eigenvalue weighted by atomic mass is 10.1. The van der Waals surface area contributed by atoms with E-state index in [0.29, 0.717) is 0 Å². The maximum Gasteiger partial charge on any atom is 0.419 e. The molecule has 90 valence electrons. The Hall–Kier alpha value is -1.34. The smallest absolute Gasteiger partial charge is 0.246 e. The van der Waals surface area contributed by atoms with Gasteiger partial charge in [-0.15, -0.1) is 0 Å². The van der Waals surface area contributed by atoms with Crippen LogP contribution in [-0.2, 0) is 12.9 Å². The Bertz CT molecular complexity index is 419. The fourth-order valence-electron chi connectivity index (χ4n) is 1.10. The van der Waals surface area contributed by atoms with Crippen LogP contribution in [0.1, 0.15) is 11.1 Å². The molecule has 0 spiro atoms. The molecule has 0 aliphatic carbocycles. The Labute approximate surface area is 83.5 Å². The molecule has 0 amide bonds. The summed E-state index contributed by atoms with van der Waals surface area (Å²) in [5.41, 5.74) is -4.35. The quantitative estimate of drug-likeness (QED) is 0.404. The number of hydrogen-bond acceptors (Lipinski definition) is 0. The van der Waals surface area contributed by atoms with Crippen LogP contribution in [0.25, 0.3) is 0 Å². The van der Waals surface area contributed by atoms with Crippen LogP contribution >= 0.6 is 0 Å². The summed E-state index contributed by atoms with van der Waals surface area (Å²) in [6.07, 6.45) is -5.51. The van der Waals surface area contributed by atoms with Crippen molar-refractivity contribution in [3.8, 4) is 0 Å². The van der Waals surface area contributed by atoms with Crippen molar-refractivity contribution >= 4 is 0 Å². The summed E-state index contributed by atoms with van der Waals surface area (Å²) in [4.78, 5) is 0. The fourth-order valence-corrected chi connectivity index (χ4v) is 1.10. The number of benzene rings is 1. The standard InChI is InChI=1S/C8H2F8/c9-1-2-3(8(14,15)16)5(11)7(13)6(12)4(2)10/h1H2. The molecule has 0 radical (unpaired) electrons. The third kappa shape index (κ3) is 1.83. The van der Waals surface area contributed by atoms with Crippen LogP contribution in [0.4, 0.5) is 35.1 Å². The zero-order valence-corrected chi connectivity index (χ0v) is 7.23. The summed E-state index contributed by atoms with van der Waals surface area (Å²) in [7, 11) is 0. The Morgan fingerprint density at radius 3 is 1.56 bits per heavy atom.